The lowest BCUT2D eigenvalue weighted by molar-refractivity contribution is -0.151. The first-order valence-electron chi connectivity index (χ1n) is 9.05. The molecular formula is C19H34O4. The number of unbranched alkanes of at least 4 members (excludes halogenated alkanes) is 10. The Bertz CT molecular complexity index is 362. The van der Waals surface area contributed by atoms with Crippen molar-refractivity contribution in [3.63, 3.8) is 0 Å². The van der Waals surface area contributed by atoms with E-state index in [-0.39, 0.29) is 6.42 Å². The quantitative estimate of drug-likeness (QED) is 0.311. The lowest BCUT2D eigenvalue weighted by Gasteiger charge is -2.17. The molecule has 0 amide bonds. The van der Waals surface area contributed by atoms with Crippen molar-refractivity contribution in [3.8, 4) is 0 Å². The van der Waals surface area contributed by atoms with Crippen LogP contribution in [0.2, 0.25) is 0 Å². The van der Waals surface area contributed by atoms with Crippen molar-refractivity contribution < 1.29 is 19.8 Å². The summed E-state index contributed by atoms with van der Waals surface area (Å²) >= 11 is 0. The molecule has 2 N–H and O–H groups in total. The van der Waals surface area contributed by atoms with Gasteiger partial charge in [-0.1, -0.05) is 76.9 Å². The Labute approximate surface area is 141 Å². The van der Waals surface area contributed by atoms with Crippen LogP contribution in [0.15, 0.2) is 12.2 Å². The van der Waals surface area contributed by atoms with Gasteiger partial charge in [-0.25, -0.2) is 0 Å². The Morgan fingerprint density at radius 1 is 0.870 bits per heavy atom. The van der Waals surface area contributed by atoms with Gasteiger partial charge in [-0.05, 0) is 19.8 Å². The first-order chi connectivity index (χ1) is 10.9. The molecule has 0 aromatic rings. The minimum atomic E-state index is -1.30. The van der Waals surface area contributed by atoms with E-state index in [1.165, 1.54) is 64.4 Å². The highest BCUT2D eigenvalue weighted by molar-refractivity contribution is 5.82. The van der Waals surface area contributed by atoms with E-state index in [0.29, 0.717) is 0 Å². The highest BCUT2D eigenvalue weighted by Gasteiger charge is 2.32. The Morgan fingerprint density at radius 2 is 1.35 bits per heavy atom. The summed E-state index contributed by atoms with van der Waals surface area (Å²) in [7, 11) is 0. The van der Waals surface area contributed by atoms with Crippen LogP contribution in [0.25, 0.3) is 0 Å². The van der Waals surface area contributed by atoms with Crippen molar-refractivity contribution in [1.82, 2.24) is 0 Å². The maximum Gasteiger partial charge on any atom is 0.313 e. The van der Waals surface area contributed by atoms with Gasteiger partial charge in [0.25, 0.3) is 0 Å². The summed E-state index contributed by atoms with van der Waals surface area (Å²) < 4.78 is 0. The van der Waals surface area contributed by atoms with E-state index in [1.54, 1.807) is 0 Å². The van der Waals surface area contributed by atoms with Crippen LogP contribution in [-0.4, -0.2) is 22.2 Å². The topological polar surface area (TPSA) is 74.6 Å². The maximum absolute atomic E-state index is 11.2. The fourth-order valence-corrected chi connectivity index (χ4v) is 2.61. The smallest absolute Gasteiger partial charge is 0.313 e. The van der Waals surface area contributed by atoms with Gasteiger partial charge in [-0.2, -0.15) is 0 Å². The molecule has 134 valence electrons. The third-order valence-electron chi connectivity index (χ3n) is 4.22. The van der Waals surface area contributed by atoms with Crippen LogP contribution in [0, 0.1) is 5.41 Å². The second-order valence-corrected chi connectivity index (χ2v) is 6.67. The number of allylic oxidation sites excluding steroid dienone is 1. The van der Waals surface area contributed by atoms with Crippen molar-refractivity contribution in [2.75, 3.05) is 0 Å². The molecular weight excluding hydrogens is 292 g/mol. The average Bonchev–Trinajstić information content (AvgIpc) is 2.47. The van der Waals surface area contributed by atoms with E-state index < -0.39 is 17.4 Å². The molecule has 1 unspecified atom stereocenters. The summed E-state index contributed by atoms with van der Waals surface area (Å²) in [6, 6.07) is 0. The zero-order valence-corrected chi connectivity index (χ0v) is 14.9. The molecule has 0 radical (unpaired) electrons. The first kappa shape index (κ1) is 21.7. The number of aliphatic carboxylic acids is 2. The second kappa shape index (κ2) is 13.1. The van der Waals surface area contributed by atoms with Gasteiger partial charge < -0.3 is 10.2 Å². The summed E-state index contributed by atoms with van der Waals surface area (Å²) in [5.74, 6) is -2.17. The standard InChI is InChI=1S/C19H34O4/c1-3-4-5-6-7-8-9-10-11-12-13-14-15-19(2,18(22)23)16-17(20)21/h14-15H,3-13,16H2,1-2H3,(H,20,21)(H,22,23). The maximum atomic E-state index is 11.2. The van der Waals surface area contributed by atoms with E-state index in [4.69, 9.17) is 10.2 Å². The second-order valence-electron chi connectivity index (χ2n) is 6.67. The zero-order valence-electron chi connectivity index (χ0n) is 14.9. The number of hydrogen-bond donors (Lipinski definition) is 2. The number of carboxylic acids is 2. The van der Waals surface area contributed by atoms with Gasteiger partial charge in [0.1, 0.15) is 0 Å². The molecule has 23 heavy (non-hydrogen) atoms. The molecule has 0 saturated heterocycles. The lowest BCUT2D eigenvalue weighted by Crippen LogP contribution is -2.28. The van der Waals surface area contributed by atoms with Gasteiger partial charge in [0.05, 0.1) is 11.8 Å². The molecule has 0 aliphatic rings. The third-order valence-corrected chi connectivity index (χ3v) is 4.22. The minimum absolute atomic E-state index is 0.378. The van der Waals surface area contributed by atoms with Gasteiger partial charge in [0, 0.05) is 0 Å². The number of hydrogen-bond acceptors (Lipinski definition) is 2. The van der Waals surface area contributed by atoms with Crippen LogP contribution in [0.3, 0.4) is 0 Å². The molecule has 0 aliphatic carbocycles. The van der Waals surface area contributed by atoms with Crippen molar-refractivity contribution in [3.05, 3.63) is 12.2 Å². The van der Waals surface area contributed by atoms with Crippen molar-refractivity contribution in [2.45, 2.75) is 90.9 Å². The number of carboxylic acid groups (broad SMARTS) is 2. The minimum Gasteiger partial charge on any atom is -0.481 e. The molecule has 0 aromatic heterocycles. The van der Waals surface area contributed by atoms with Gasteiger partial charge in [0.15, 0.2) is 0 Å². The van der Waals surface area contributed by atoms with Crippen LogP contribution in [0.5, 0.6) is 0 Å². The molecule has 0 aromatic carbocycles. The summed E-state index contributed by atoms with van der Waals surface area (Å²) in [5, 5.41) is 17.9. The van der Waals surface area contributed by atoms with E-state index in [1.807, 2.05) is 6.08 Å². The fourth-order valence-electron chi connectivity index (χ4n) is 2.61. The number of carbonyl (C=O) groups is 2. The average molecular weight is 326 g/mol. The first-order valence-corrected chi connectivity index (χ1v) is 9.05. The summed E-state index contributed by atoms with van der Waals surface area (Å²) in [6.07, 6.45) is 16.5. The monoisotopic (exact) mass is 326 g/mol. The van der Waals surface area contributed by atoms with Crippen molar-refractivity contribution in [1.29, 1.82) is 0 Å². The van der Waals surface area contributed by atoms with Crippen molar-refractivity contribution in [2.24, 2.45) is 5.41 Å². The molecule has 1 atom stereocenters. The van der Waals surface area contributed by atoms with E-state index in [9.17, 15) is 9.59 Å². The molecule has 0 bridgehead atoms. The Hall–Kier alpha value is -1.32. The zero-order chi connectivity index (χ0) is 17.6. The molecule has 4 heteroatoms. The summed E-state index contributed by atoms with van der Waals surface area (Å²) in [4.78, 5) is 21.9. The molecule has 0 fully saturated rings. The Morgan fingerprint density at radius 3 is 1.78 bits per heavy atom. The van der Waals surface area contributed by atoms with Crippen LogP contribution >= 0.6 is 0 Å². The molecule has 0 heterocycles. The van der Waals surface area contributed by atoms with Gasteiger partial charge >= 0.3 is 11.9 Å². The van der Waals surface area contributed by atoms with Crippen LogP contribution in [0.4, 0.5) is 0 Å². The summed E-state index contributed by atoms with van der Waals surface area (Å²) in [5.41, 5.74) is -1.30. The Balaban J connectivity index is 3.69. The van der Waals surface area contributed by atoms with Crippen LogP contribution in [0.1, 0.15) is 90.9 Å². The Kier molecular flexibility index (Phi) is 12.4. The molecule has 0 saturated carbocycles. The highest BCUT2D eigenvalue weighted by Crippen LogP contribution is 2.24. The normalized spacial score (nSPS) is 14.0. The van der Waals surface area contributed by atoms with Crippen LogP contribution < -0.4 is 0 Å². The van der Waals surface area contributed by atoms with E-state index in [2.05, 4.69) is 6.92 Å². The SMILES string of the molecule is CCCCCCCCCCCCC=CC(C)(CC(=O)O)C(=O)O. The highest BCUT2D eigenvalue weighted by atomic mass is 16.4. The third kappa shape index (κ3) is 11.8. The predicted molar refractivity (Wildman–Crippen MR) is 93.6 cm³/mol. The van der Waals surface area contributed by atoms with E-state index >= 15 is 0 Å². The fraction of sp³-hybridized carbons (Fsp3) is 0.789. The molecule has 0 rings (SSSR count). The van der Waals surface area contributed by atoms with Crippen molar-refractivity contribution >= 4 is 11.9 Å². The van der Waals surface area contributed by atoms with Gasteiger partial charge in [0.2, 0.25) is 0 Å². The van der Waals surface area contributed by atoms with E-state index in [0.717, 1.165) is 19.3 Å². The molecule has 0 spiro atoms. The lowest BCUT2D eigenvalue weighted by atomic mass is 9.86. The summed E-state index contributed by atoms with van der Waals surface area (Å²) in [6.45, 7) is 3.69. The van der Waals surface area contributed by atoms with Gasteiger partial charge in [-0.3, -0.25) is 9.59 Å². The molecule has 4 nitrogen and oxygen atoms in total. The largest absolute Gasteiger partial charge is 0.481 e. The van der Waals surface area contributed by atoms with Gasteiger partial charge in [-0.15, -0.1) is 0 Å². The number of rotatable bonds is 15. The predicted octanol–water partition coefficient (Wildman–Crippen LogP) is 5.42. The van der Waals surface area contributed by atoms with Crippen LogP contribution in [-0.2, 0) is 9.59 Å². The molecule has 0 aliphatic heterocycles.